The van der Waals surface area contributed by atoms with Crippen LogP contribution in [0.15, 0.2) is 6.20 Å². The van der Waals surface area contributed by atoms with E-state index in [1.165, 1.54) is 17.9 Å². The summed E-state index contributed by atoms with van der Waals surface area (Å²) in [6.07, 6.45) is -3.25. The molecule has 0 saturated heterocycles. The molecule has 1 aromatic heterocycles. The number of ether oxygens (including phenoxy) is 1. The predicted octanol–water partition coefficient (Wildman–Crippen LogP) is 3.17. The van der Waals surface area contributed by atoms with Gasteiger partial charge in [0.05, 0.1) is 5.69 Å². The van der Waals surface area contributed by atoms with Crippen LogP contribution in [0.1, 0.15) is 53.2 Å². The zero-order valence-corrected chi connectivity index (χ0v) is 15.8. The molecule has 0 fully saturated rings. The number of nitrogens with one attached hydrogen (secondary N) is 2. The average Bonchev–Trinajstić information content (AvgIpc) is 2.82. The molecule has 8 nitrogen and oxygen atoms in total. The summed E-state index contributed by atoms with van der Waals surface area (Å²) in [5.41, 5.74) is 0.685. The van der Waals surface area contributed by atoms with Crippen LogP contribution in [0.3, 0.4) is 0 Å². The van der Waals surface area contributed by atoms with Crippen LogP contribution in [0, 0.1) is 5.92 Å². The van der Waals surface area contributed by atoms with Gasteiger partial charge < -0.3 is 10.1 Å². The molecule has 1 aromatic rings. The molecule has 0 saturated carbocycles. The molecule has 2 N–H and O–H groups in total. The highest BCUT2D eigenvalue weighted by Gasteiger charge is 2.26. The minimum Gasteiger partial charge on any atom is -0.442 e. The van der Waals surface area contributed by atoms with E-state index in [1.54, 1.807) is 20.8 Å². The van der Waals surface area contributed by atoms with Crippen LogP contribution in [-0.2, 0) is 21.4 Å². The highest BCUT2D eigenvalue weighted by atomic mass is 19.3. The van der Waals surface area contributed by atoms with Crippen LogP contribution in [0.4, 0.5) is 19.3 Å². The van der Waals surface area contributed by atoms with E-state index in [0.717, 1.165) is 0 Å². The van der Waals surface area contributed by atoms with Gasteiger partial charge in [0.25, 0.3) is 12.3 Å². The Morgan fingerprint density at radius 1 is 1.31 bits per heavy atom. The molecule has 1 heterocycles. The third kappa shape index (κ3) is 7.34. The zero-order valence-electron chi connectivity index (χ0n) is 15.8. The van der Waals surface area contributed by atoms with Crippen LogP contribution in [0.25, 0.3) is 0 Å². The Morgan fingerprint density at radius 2 is 1.92 bits per heavy atom. The molecule has 0 spiro atoms. The number of nitrogens with zero attached hydrogens (tertiary/aromatic N) is 2. The van der Waals surface area contributed by atoms with Gasteiger partial charge in [0.2, 0.25) is 0 Å². The number of carbonyl (C=O) groups excluding carboxylic acids is 2. The van der Waals surface area contributed by atoms with Gasteiger partial charge in [-0.2, -0.15) is 10.6 Å². The van der Waals surface area contributed by atoms with Gasteiger partial charge in [-0.15, -0.1) is 0 Å². The van der Waals surface area contributed by atoms with E-state index >= 15 is 0 Å². The standard InChI is InChI=1S/C16H26F2N4O4/c1-9(2)7-11(26-21-15(24)25-16(3,4)5)14(23)19-10-8-22(6)20-12(10)13(17)18/h8-9,11,13H,7H2,1-6H3,(H,19,23)(H,21,24). The summed E-state index contributed by atoms with van der Waals surface area (Å²) in [5, 5.41) is 5.99. The lowest BCUT2D eigenvalue weighted by Crippen LogP contribution is -2.40. The molecule has 0 aliphatic rings. The van der Waals surface area contributed by atoms with Gasteiger partial charge in [-0.25, -0.2) is 13.6 Å². The molecule has 10 heteroatoms. The number of hydroxylamine groups is 1. The predicted molar refractivity (Wildman–Crippen MR) is 90.5 cm³/mol. The van der Waals surface area contributed by atoms with Crippen molar-refractivity contribution in [3.8, 4) is 0 Å². The summed E-state index contributed by atoms with van der Waals surface area (Å²) >= 11 is 0. The molecule has 0 aliphatic carbocycles. The van der Waals surface area contributed by atoms with Crippen LogP contribution in [0.5, 0.6) is 0 Å². The van der Waals surface area contributed by atoms with Crippen molar-refractivity contribution < 1.29 is 27.9 Å². The highest BCUT2D eigenvalue weighted by Crippen LogP contribution is 2.25. The summed E-state index contributed by atoms with van der Waals surface area (Å²) in [5.74, 6) is -0.626. The van der Waals surface area contributed by atoms with E-state index in [4.69, 9.17) is 9.57 Å². The number of halogens is 2. The molecule has 1 atom stereocenters. The van der Waals surface area contributed by atoms with Crippen molar-refractivity contribution in [2.24, 2.45) is 13.0 Å². The number of aryl methyl sites for hydroxylation is 1. The van der Waals surface area contributed by atoms with Crippen molar-refractivity contribution in [1.82, 2.24) is 15.3 Å². The van der Waals surface area contributed by atoms with Crippen LogP contribution in [0.2, 0.25) is 0 Å². The van der Waals surface area contributed by atoms with Gasteiger partial charge >= 0.3 is 6.09 Å². The van der Waals surface area contributed by atoms with E-state index in [1.807, 2.05) is 13.8 Å². The first-order chi connectivity index (χ1) is 11.9. The van der Waals surface area contributed by atoms with Crippen molar-refractivity contribution in [3.05, 3.63) is 11.9 Å². The molecule has 0 aromatic carbocycles. The average molecular weight is 376 g/mol. The summed E-state index contributed by atoms with van der Waals surface area (Å²) < 4.78 is 32.2. The molecule has 26 heavy (non-hydrogen) atoms. The smallest absolute Gasteiger partial charge is 0.431 e. The maximum atomic E-state index is 13.0. The second-order valence-corrected chi connectivity index (χ2v) is 7.23. The van der Waals surface area contributed by atoms with Gasteiger partial charge in [0.15, 0.2) is 11.8 Å². The van der Waals surface area contributed by atoms with Gasteiger partial charge in [0, 0.05) is 13.2 Å². The Balaban J connectivity index is 2.79. The zero-order chi connectivity index (χ0) is 20.1. The number of rotatable bonds is 7. The maximum absolute atomic E-state index is 13.0. The molecule has 0 aliphatic heterocycles. The molecule has 148 valence electrons. The molecule has 1 unspecified atom stereocenters. The Morgan fingerprint density at radius 3 is 2.42 bits per heavy atom. The second-order valence-electron chi connectivity index (χ2n) is 7.23. The molecule has 0 bridgehead atoms. The van der Waals surface area contributed by atoms with Crippen molar-refractivity contribution in [3.63, 3.8) is 0 Å². The minimum atomic E-state index is -2.84. The van der Waals surface area contributed by atoms with Crippen molar-refractivity contribution >= 4 is 17.7 Å². The second kappa shape index (κ2) is 8.93. The number of anilines is 1. The third-order valence-corrected chi connectivity index (χ3v) is 2.98. The lowest BCUT2D eigenvalue weighted by molar-refractivity contribution is -0.133. The van der Waals surface area contributed by atoms with Gasteiger partial charge in [-0.3, -0.25) is 14.3 Å². The van der Waals surface area contributed by atoms with E-state index in [-0.39, 0.29) is 18.0 Å². The Kier molecular flexibility index (Phi) is 7.49. The molecule has 2 amide bonds. The summed E-state index contributed by atoms with van der Waals surface area (Å²) in [6.45, 7) is 8.75. The Bertz CT molecular complexity index is 626. The van der Waals surface area contributed by atoms with E-state index in [9.17, 15) is 18.4 Å². The van der Waals surface area contributed by atoms with Gasteiger partial charge in [-0.1, -0.05) is 13.8 Å². The van der Waals surface area contributed by atoms with Crippen molar-refractivity contribution in [2.45, 2.75) is 59.2 Å². The van der Waals surface area contributed by atoms with Gasteiger partial charge in [-0.05, 0) is 33.1 Å². The number of alkyl halides is 2. The quantitative estimate of drug-likeness (QED) is 0.713. The SMILES string of the molecule is CC(C)CC(ONC(=O)OC(C)(C)C)C(=O)Nc1cn(C)nc1C(F)F. The first kappa shape index (κ1) is 21.8. The number of aromatic nitrogens is 2. The van der Waals surface area contributed by atoms with E-state index in [0.29, 0.717) is 0 Å². The van der Waals surface area contributed by atoms with Gasteiger partial charge in [0.1, 0.15) is 5.60 Å². The first-order valence-electron chi connectivity index (χ1n) is 8.16. The molecular weight excluding hydrogens is 350 g/mol. The van der Waals surface area contributed by atoms with Crippen LogP contribution >= 0.6 is 0 Å². The molecule has 1 rings (SSSR count). The topological polar surface area (TPSA) is 94.5 Å². The fourth-order valence-corrected chi connectivity index (χ4v) is 2.03. The lowest BCUT2D eigenvalue weighted by Gasteiger charge is -2.22. The monoisotopic (exact) mass is 376 g/mol. The Labute approximate surface area is 151 Å². The minimum absolute atomic E-state index is 0.0506. The first-order valence-corrected chi connectivity index (χ1v) is 8.16. The number of hydrogen-bond acceptors (Lipinski definition) is 5. The van der Waals surface area contributed by atoms with Crippen molar-refractivity contribution in [1.29, 1.82) is 0 Å². The maximum Gasteiger partial charge on any atom is 0.431 e. The Hall–Kier alpha value is -2.23. The number of hydrogen-bond donors (Lipinski definition) is 2. The van der Waals surface area contributed by atoms with E-state index in [2.05, 4.69) is 15.9 Å². The summed E-state index contributed by atoms with van der Waals surface area (Å²) in [7, 11) is 1.47. The van der Waals surface area contributed by atoms with Crippen LogP contribution < -0.4 is 10.8 Å². The molecule has 0 radical (unpaired) electrons. The normalized spacial score (nSPS) is 13.0. The van der Waals surface area contributed by atoms with Crippen LogP contribution in [-0.4, -0.2) is 33.5 Å². The fraction of sp³-hybridized carbons (Fsp3) is 0.688. The summed E-state index contributed by atoms with van der Waals surface area (Å²) in [4.78, 5) is 29.2. The summed E-state index contributed by atoms with van der Waals surface area (Å²) in [6, 6.07) is 0. The highest BCUT2D eigenvalue weighted by molar-refractivity contribution is 5.94. The molecular formula is C16H26F2N4O4. The van der Waals surface area contributed by atoms with E-state index < -0.39 is 35.8 Å². The third-order valence-electron chi connectivity index (χ3n) is 2.98. The number of carbonyl (C=O) groups is 2. The fourth-order valence-electron chi connectivity index (χ4n) is 2.03. The number of amides is 2. The lowest BCUT2D eigenvalue weighted by atomic mass is 10.1. The van der Waals surface area contributed by atoms with Crippen molar-refractivity contribution in [2.75, 3.05) is 5.32 Å². The largest absolute Gasteiger partial charge is 0.442 e.